The maximum absolute atomic E-state index is 6.45. The molecule has 2 aliphatic rings. The molecule has 15 heteroatoms. The largest absolute Gasteiger partial charge is 0.487 e. The van der Waals surface area contributed by atoms with Gasteiger partial charge in [0.2, 0.25) is 5.95 Å². The van der Waals surface area contributed by atoms with Gasteiger partial charge >= 0.3 is 0 Å². The number of nitrogens with one attached hydrogen (secondary N) is 1. The number of halogens is 1. The lowest BCUT2D eigenvalue weighted by atomic mass is 9.90. The molecule has 1 aromatic carbocycles. The van der Waals surface area contributed by atoms with E-state index in [1.54, 1.807) is 29.5 Å². The predicted molar refractivity (Wildman–Crippen MR) is 176 cm³/mol. The van der Waals surface area contributed by atoms with E-state index in [0.717, 1.165) is 68.8 Å². The average molecular weight is 667 g/mol. The van der Waals surface area contributed by atoms with Crippen molar-refractivity contribution in [2.45, 2.75) is 77.3 Å². The summed E-state index contributed by atoms with van der Waals surface area (Å²) in [6.45, 7) is 11.0. The molecule has 6 rings (SSSR count). The van der Waals surface area contributed by atoms with Crippen molar-refractivity contribution >= 4 is 23.2 Å². The van der Waals surface area contributed by atoms with E-state index >= 15 is 0 Å². The first-order valence-electron chi connectivity index (χ1n) is 16.3. The monoisotopic (exact) mass is 666 g/mol. The molecular weight excluding hydrogens is 624 g/mol. The topological polar surface area (TPSA) is 139 Å². The standard InChI is InChI=1S/C32H43ClN10O4/c1-22(2)45-14-15-46-31-29(20-43(38-31)27-7-5-26(6-8-27)41-10-12-44-13-11-41)37-32-34-17-25(18-35-32)24-4-9-28(33)30(16-24)47-23(3)19-42-21-36-39-40-42/h4,9,16-18,20-23,26-27H,5-8,10-15,19H2,1-3H3,(H,34,35,37). The third-order valence-electron chi connectivity index (χ3n) is 8.40. The van der Waals surface area contributed by atoms with Crippen LogP contribution in [0.1, 0.15) is 52.5 Å². The molecule has 14 nitrogen and oxygen atoms in total. The highest BCUT2D eigenvalue weighted by Gasteiger charge is 2.29. The normalized spacial score (nSPS) is 19.5. The molecule has 1 saturated heterocycles. The van der Waals surface area contributed by atoms with E-state index in [1.165, 1.54) is 0 Å². The van der Waals surface area contributed by atoms with Crippen LogP contribution in [-0.4, -0.2) is 103 Å². The number of tetrazole rings is 1. The van der Waals surface area contributed by atoms with Crippen molar-refractivity contribution < 1.29 is 18.9 Å². The van der Waals surface area contributed by atoms with Crippen LogP contribution in [0.5, 0.6) is 11.6 Å². The minimum Gasteiger partial charge on any atom is -0.487 e. The Labute approximate surface area is 279 Å². The molecule has 1 aliphatic carbocycles. The molecule has 2 fully saturated rings. The number of hydrogen-bond donors (Lipinski definition) is 1. The van der Waals surface area contributed by atoms with Crippen molar-refractivity contribution in [2.24, 2.45) is 0 Å². The molecule has 4 aromatic rings. The molecule has 4 heterocycles. The molecular formula is C32H43ClN10O4. The Hall–Kier alpha value is -3.85. The number of aromatic nitrogens is 8. The molecule has 1 N–H and O–H groups in total. The predicted octanol–water partition coefficient (Wildman–Crippen LogP) is 4.81. The Balaban J connectivity index is 1.12. The lowest BCUT2D eigenvalue weighted by Crippen LogP contribution is -2.45. The quantitative estimate of drug-likeness (QED) is 0.185. The summed E-state index contributed by atoms with van der Waals surface area (Å²) in [5, 5.41) is 19.9. The van der Waals surface area contributed by atoms with Gasteiger partial charge in [-0.25, -0.2) is 14.6 Å². The van der Waals surface area contributed by atoms with E-state index in [-0.39, 0.29) is 12.2 Å². The van der Waals surface area contributed by atoms with Crippen molar-refractivity contribution in [1.82, 2.24) is 44.9 Å². The SMILES string of the molecule is CC(C)OCCOc1nn(C2CCC(N3CCOCC3)CC2)cc1Nc1ncc(-c2ccc(Cl)c(OC(C)Cn3cnnn3)c2)cn1. The lowest BCUT2D eigenvalue weighted by molar-refractivity contribution is 0.00501. The van der Waals surface area contributed by atoms with Crippen LogP contribution in [0.2, 0.25) is 5.02 Å². The number of nitrogens with zero attached hydrogens (tertiary/aromatic N) is 9. The fourth-order valence-corrected chi connectivity index (χ4v) is 6.19. The number of ether oxygens (including phenoxy) is 4. The van der Waals surface area contributed by atoms with Crippen molar-refractivity contribution in [1.29, 1.82) is 0 Å². The molecule has 0 amide bonds. The van der Waals surface area contributed by atoms with Gasteiger partial charge in [-0.3, -0.25) is 9.58 Å². The number of rotatable bonds is 14. The Bertz CT molecular complexity index is 1540. The third kappa shape index (κ3) is 8.95. The highest BCUT2D eigenvalue weighted by atomic mass is 35.5. The number of benzene rings is 1. The Morgan fingerprint density at radius 1 is 1.00 bits per heavy atom. The van der Waals surface area contributed by atoms with Crippen molar-refractivity contribution in [3.8, 4) is 22.8 Å². The molecule has 0 spiro atoms. The molecule has 0 radical (unpaired) electrons. The maximum atomic E-state index is 6.45. The van der Waals surface area contributed by atoms with Gasteiger partial charge < -0.3 is 24.3 Å². The summed E-state index contributed by atoms with van der Waals surface area (Å²) in [5.74, 6) is 1.50. The smallest absolute Gasteiger partial charge is 0.257 e. The highest BCUT2D eigenvalue weighted by molar-refractivity contribution is 6.32. The van der Waals surface area contributed by atoms with Gasteiger partial charge in [0.25, 0.3) is 5.88 Å². The first-order chi connectivity index (χ1) is 22.9. The molecule has 1 atom stereocenters. The van der Waals surface area contributed by atoms with Gasteiger partial charge in [-0.1, -0.05) is 17.7 Å². The van der Waals surface area contributed by atoms with Gasteiger partial charge in [0.1, 0.15) is 30.5 Å². The van der Waals surface area contributed by atoms with Crippen LogP contribution in [0.25, 0.3) is 11.1 Å². The zero-order valence-electron chi connectivity index (χ0n) is 27.2. The van der Waals surface area contributed by atoms with Gasteiger partial charge in [-0.05, 0) is 74.6 Å². The first-order valence-corrected chi connectivity index (χ1v) is 16.7. The number of anilines is 2. The molecule has 1 saturated carbocycles. The van der Waals surface area contributed by atoms with Crippen LogP contribution in [0.3, 0.4) is 0 Å². The van der Waals surface area contributed by atoms with E-state index in [0.29, 0.717) is 54.4 Å². The van der Waals surface area contributed by atoms with Crippen LogP contribution < -0.4 is 14.8 Å². The summed E-state index contributed by atoms with van der Waals surface area (Å²) < 4.78 is 27.1. The highest BCUT2D eigenvalue weighted by Crippen LogP contribution is 2.35. The van der Waals surface area contributed by atoms with Crippen molar-refractivity contribution in [2.75, 3.05) is 44.8 Å². The van der Waals surface area contributed by atoms with Crippen LogP contribution in [-0.2, 0) is 16.0 Å². The minimum atomic E-state index is -0.205. The zero-order chi connectivity index (χ0) is 32.6. The van der Waals surface area contributed by atoms with Gasteiger partial charge in [-0.15, -0.1) is 10.2 Å². The second-order valence-corrected chi connectivity index (χ2v) is 12.6. The van der Waals surface area contributed by atoms with Crippen LogP contribution in [0.15, 0.2) is 43.1 Å². The second kappa shape index (κ2) is 15.8. The average Bonchev–Trinajstić information content (AvgIpc) is 3.75. The maximum Gasteiger partial charge on any atom is 0.257 e. The molecule has 3 aromatic heterocycles. The molecule has 252 valence electrons. The summed E-state index contributed by atoms with van der Waals surface area (Å²) in [4.78, 5) is 11.8. The van der Waals surface area contributed by atoms with Crippen LogP contribution >= 0.6 is 11.6 Å². The van der Waals surface area contributed by atoms with Crippen LogP contribution in [0.4, 0.5) is 11.6 Å². The molecule has 1 aliphatic heterocycles. The zero-order valence-corrected chi connectivity index (χ0v) is 27.9. The van der Waals surface area contributed by atoms with Gasteiger partial charge in [0.15, 0.2) is 0 Å². The summed E-state index contributed by atoms with van der Waals surface area (Å²) >= 11 is 6.45. The Kier molecular flexibility index (Phi) is 11.1. The second-order valence-electron chi connectivity index (χ2n) is 12.2. The summed E-state index contributed by atoms with van der Waals surface area (Å²) in [6, 6.07) is 6.51. The van der Waals surface area contributed by atoms with Crippen LogP contribution in [0, 0.1) is 0 Å². The van der Waals surface area contributed by atoms with Gasteiger partial charge in [0, 0.05) is 37.1 Å². The van der Waals surface area contributed by atoms with Gasteiger partial charge in [0.05, 0.1) is 49.7 Å². The van der Waals surface area contributed by atoms with Crippen molar-refractivity contribution in [3.05, 3.63) is 48.1 Å². The van der Waals surface area contributed by atoms with E-state index < -0.39 is 0 Å². The third-order valence-corrected chi connectivity index (χ3v) is 8.71. The van der Waals surface area contributed by atoms with E-state index in [4.69, 9.17) is 35.6 Å². The van der Waals surface area contributed by atoms with E-state index in [2.05, 4.69) is 35.7 Å². The summed E-state index contributed by atoms with van der Waals surface area (Å²) in [5.41, 5.74) is 2.41. The van der Waals surface area contributed by atoms with E-state index in [1.807, 2.05) is 43.8 Å². The van der Waals surface area contributed by atoms with Gasteiger partial charge in [-0.2, -0.15) is 0 Å². The lowest BCUT2D eigenvalue weighted by Gasteiger charge is -2.38. The Morgan fingerprint density at radius 3 is 2.49 bits per heavy atom. The molecule has 0 bridgehead atoms. The summed E-state index contributed by atoms with van der Waals surface area (Å²) in [6.07, 6.45) is 11.4. The fraction of sp³-hybridized carbons (Fsp3) is 0.562. The Morgan fingerprint density at radius 2 is 1.77 bits per heavy atom. The van der Waals surface area contributed by atoms with E-state index in [9.17, 15) is 0 Å². The minimum absolute atomic E-state index is 0.131. The molecule has 1 unspecified atom stereocenters. The number of hydrogen-bond acceptors (Lipinski definition) is 12. The first kappa shape index (κ1) is 33.1. The summed E-state index contributed by atoms with van der Waals surface area (Å²) in [7, 11) is 0. The fourth-order valence-electron chi connectivity index (χ4n) is 6.02. The molecule has 47 heavy (non-hydrogen) atoms. The number of morpholine rings is 1. The van der Waals surface area contributed by atoms with Crippen molar-refractivity contribution in [3.63, 3.8) is 0 Å².